The zero-order chi connectivity index (χ0) is 17.4. The third kappa shape index (κ3) is 2.53. The van der Waals surface area contributed by atoms with E-state index in [2.05, 4.69) is 5.32 Å². The Morgan fingerprint density at radius 2 is 2.04 bits per heavy atom. The zero-order valence-corrected chi connectivity index (χ0v) is 13.0. The highest BCUT2D eigenvalue weighted by Gasteiger charge is 2.37. The predicted octanol–water partition coefficient (Wildman–Crippen LogP) is 1.37. The van der Waals surface area contributed by atoms with Gasteiger partial charge in [0.1, 0.15) is 0 Å². The van der Waals surface area contributed by atoms with Gasteiger partial charge in [-0.2, -0.15) is 0 Å². The number of nitrogens with zero attached hydrogens (tertiary/aromatic N) is 1. The minimum Gasteiger partial charge on any atom is -0.466 e. The number of allylic oxidation sites excluding steroid dienone is 1. The Hall–Kier alpha value is -3.10. The largest absolute Gasteiger partial charge is 0.466 e. The van der Waals surface area contributed by atoms with Crippen LogP contribution in [0.5, 0.6) is 11.5 Å². The Morgan fingerprint density at radius 1 is 1.38 bits per heavy atom. The number of carbonyl (C=O) groups is 2. The van der Waals surface area contributed by atoms with Crippen LogP contribution in [0.2, 0.25) is 0 Å². The molecule has 1 amide bonds. The fourth-order valence-electron chi connectivity index (χ4n) is 2.93. The summed E-state index contributed by atoms with van der Waals surface area (Å²) in [4.78, 5) is 34.9. The van der Waals surface area contributed by atoms with E-state index in [9.17, 15) is 19.7 Å². The SMILES string of the molecule is COC(=O)C1=C(C)NC(=O)C[C@@H]1c1cc2c(cc1[N+](=O)[O-])OCO2. The molecule has 0 bridgehead atoms. The number of carbonyl (C=O) groups excluding carboxylic acids is 2. The summed E-state index contributed by atoms with van der Waals surface area (Å²) in [6.45, 7) is 1.51. The molecule has 126 valence electrons. The average molecular weight is 334 g/mol. The number of esters is 1. The van der Waals surface area contributed by atoms with Gasteiger partial charge in [-0.15, -0.1) is 0 Å². The van der Waals surface area contributed by atoms with Gasteiger partial charge in [-0.1, -0.05) is 0 Å². The number of fused-ring (bicyclic) bond motifs is 1. The number of methoxy groups -OCH3 is 1. The molecule has 0 fully saturated rings. The molecule has 0 saturated carbocycles. The summed E-state index contributed by atoms with van der Waals surface area (Å²) in [5.41, 5.74) is 0.459. The van der Waals surface area contributed by atoms with E-state index < -0.39 is 16.8 Å². The van der Waals surface area contributed by atoms with Crippen LogP contribution in [0.15, 0.2) is 23.4 Å². The highest BCUT2D eigenvalue weighted by atomic mass is 16.7. The molecular weight excluding hydrogens is 320 g/mol. The van der Waals surface area contributed by atoms with Crippen molar-refractivity contribution in [1.29, 1.82) is 0 Å². The van der Waals surface area contributed by atoms with Gasteiger partial charge in [-0.25, -0.2) is 4.79 Å². The normalized spacial score (nSPS) is 19.1. The number of nitro groups is 1. The van der Waals surface area contributed by atoms with Gasteiger partial charge in [0.05, 0.1) is 23.7 Å². The minimum absolute atomic E-state index is 0.0418. The Morgan fingerprint density at radius 3 is 2.67 bits per heavy atom. The Kier molecular flexibility index (Phi) is 3.84. The van der Waals surface area contributed by atoms with Crippen molar-refractivity contribution in [2.45, 2.75) is 19.3 Å². The van der Waals surface area contributed by atoms with Gasteiger partial charge in [-0.3, -0.25) is 14.9 Å². The number of amides is 1. The molecule has 24 heavy (non-hydrogen) atoms. The first-order valence-electron chi connectivity index (χ1n) is 7.09. The Labute approximate surface area is 136 Å². The summed E-state index contributed by atoms with van der Waals surface area (Å²) < 4.78 is 15.2. The maximum Gasteiger partial charge on any atom is 0.336 e. The molecule has 1 aromatic carbocycles. The molecule has 0 aromatic heterocycles. The molecule has 1 N–H and O–H groups in total. The predicted molar refractivity (Wildman–Crippen MR) is 79.4 cm³/mol. The molecule has 0 saturated heterocycles. The Bertz CT molecular complexity index is 784. The van der Waals surface area contributed by atoms with E-state index in [-0.39, 0.29) is 41.7 Å². The van der Waals surface area contributed by atoms with Crippen molar-refractivity contribution in [3.05, 3.63) is 39.1 Å². The van der Waals surface area contributed by atoms with Crippen molar-refractivity contribution in [2.75, 3.05) is 13.9 Å². The quantitative estimate of drug-likeness (QED) is 0.504. The van der Waals surface area contributed by atoms with Gasteiger partial charge < -0.3 is 19.5 Å². The van der Waals surface area contributed by atoms with E-state index in [1.807, 2.05) is 0 Å². The first kappa shape index (κ1) is 15.8. The lowest BCUT2D eigenvalue weighted by atomic mass is 9.83. The van der Waals surface area contributed by atoms with Crippen LogP contribution < -0.4 is 14.8 Å². The molecule has 2 heterocycles. The van der Waals surface area contributed by atoms with Gasteiger partial charge in [0.2, 0.25) is 12.7 Å². The van der Waals surface area contributed by atoms with Crippen LogP contribution >= 0.6 is 0 Å². The van der Waals surface area contributed by atoms with Crippen molar-refractivity contribution in [3.8, 4) is 11.5 Å². The molecule has 0 radical (unpaired) electrons. The molecule has 0 unspecified atom stereocenters. The smallest absolute Gasteiger partial charge is 0.336 e. The summed E-state index contributed by atoms with van der Waals surface area (Å²) in [6.07, 6.45) is -0.109. The van der Waals surface area contributed by atoms with E-state index in [1.165, 1.54) is 19.2 Å². The van der Waals surface area contributed by atoms with E-state index in [1.54, 1.807) is 6.92 Å². The monoisotopic (exact) mass is 334 g/mol. The van der Waals surface area contributed by atoms with Crippen LogP contribution in [0, 0.1) is 10.1 Å². The molecule has 0 spiro atoms. The molecule has 1 aromatic rings. The van der Waals surface area contributed by atoms with Crippen LogP contribution in [-0.2, 0) is 14.3 Å². The van der Waals surface area contributed by atoms with Crippen molar-refractivity contribution in [1.82, 2.24) is 5.32 Å². The van der Waals surface area contributed by atoms with E-state index in [0.717, 1.165) is 0 Å². The third-order valence-corrected chi connectivity index (χ3v) is 3.97. The van der Waals surface area contributed by atoms with Crippen LogP contribution in [-0.4, -0.2) is 30.7 Å². The van der Waals surface area contributed by atoms with Gasteiger partial charge in [0.25, 0.3) is 5.69 Å². The minimum atomic E-state index is -0.805. The number of nitro benzene ring substituents is 1. The molecule has 9 heteroatoms. The van der Waals surface area contributed by atoms with Crippen molar-refractivity contribution in [2.24, 2.45) is 0 Å². The number of hydrogen-bond donors (Lipinski definition) is 1. The highest BCUT2D eigenvalue weighted by Crippen LogP contribution is 2.44. The maximum absolute atomic E-state index is 12.1. The van der Waals surface area contributed by atoms with Crippen LogP contribution in [0.4, 0.5) is 5.69 Å². The molecular formula is C15H14N2O7. The molecule has 2 aliphatic heterocycles. The van der Waals surface area contributed by atoms with Crippen molar-refractivity contribution < 1.29 is 28.7 Å². The lowest BCUT2D eigenvalue weighted by Gasteiger charge is -2.26. The van der Waals surface area contributed by atoms with Crippen molar-refractivity contribution in [3.63, 3.8) is 0 Å². The summed E-state index contributed by atoms with van der Waals surface area (Å²) >= 11 is 0. The first-order chi connectivity index (χ1) is 11.4. The number of nitrogens with one attached hydrogen (secondary N) is 1. The van der Waals surface area contributed by atoms with Crippen LogP contribution in [0.25, 0.3) is 0 Å². The van der Waals surface area contributed by atoms with Crippen LogP contribution in [0.1, 0.15) is 24.8 Å². The molecule has 0 aliphatic carbocycles. The van der Waals surface area contributed by atoms with Gasteiger partial charge in [0.15, 0.2) is 11.5 Å². The van der Waals surface area contributed by atoms with E-state index in [4.69, 9.17) is 14.2 Å². The van der Waals surface area contributed by atoms with Gasteiger partial charge in [0, 0.05) is 23.6 Å². The standard InChI is InChI=1S/C15H14N2O7/c1-7-14(15(19)22-2)9(4-13(18)16-7)8-3-11-12(24-6-23-11)5-10(8)17(20)21/h3,5,9H,4,6H2,1-2H3,(H,16,18)/t9-/m1/s1. The summed E-state index contributed by atoms with van der Waals surface area (Å²) in [5, 5.41) is 14.0. The average Bonchev–Trinajstić information content (AvgIpc) is 2.99. The van der Waals surface area contributed by atoms with Crippen molar-refractivity contribution >= 4 is 17.6 Å². The lowest BCUT2D eigenvalue weighted by Crippen LogP contribution is -2.34. The second kappa shape index (κ2) is 5.84. The number of rotatable bonds is 3. The highest BCUT2D eigenvalue weighted by molar-refractivity contribution is 5.96. The zero-order valence-electron chi connectivity index (χ0n) is 13.0. The third-order valence-electron chi connectivity index (χ3n) is 3.97. The number of benzene rings is 1. The summed E-state index contributed by atoms with van der Waals surface area (Å²) in [5.74, 6) is -1.20. The lowest BCUT2D eigenvalue weighted by molar-refractivity contribution is -0.385. The number of hydrogen-bond acceptors (Lipinski definition) is 7. The second-order valence-electron chi connectivity index (χ2n) is 5.36. The van der Waals surface area contributed by atoms with Gasteiger partial charge in [-0.05, 0) is 13.0 Å². The number of ether oxygens (including phenoxy) is 3. The molecule has 2 aliphatic rings. The topological polar surface area (TPSA) is 117 Å². The first-order valence-corrected chi connectivity index (χ1v) is 7.09. The summed E-state index contributed by atoms with van der Waals surface area (Å²) in [7, 11) is 1.21. The molecule has 9 nitrogen and oxygen atoms in total. The summed E-state index contributed by atoms with van der Waals surface area (Å²) in [6, 6.07) is 2.69. The Balaban J connectivity index is 2.19. The molecule has 1 atom stereocenters. The van der Waals surface area contributed by atoms with Gasteiger partial charge >= 0.3 is 5.97 Å². The fraction of sp³-hybridized carbons (Fsp3) is 0.333. The molecule has 3 rings (SSSR count). The van der Waals surface area contributed by atoms with E-state index >= 15 is 0 Å². The second-order valence-corrected chi connectivity index (χ2v) is 5.36. The van der Waals surface area contributed by atoms with Crippen LogP contribution in [0.3, 0.4) is 0 Å². The fourth-order valence-corrected chi connectivity index (χ4v) is 2.93. The van der Waals surface area contributed by atoms with E-state index in [0.29, 0.717) is 11.4 Å². The maximum atomic E-state index is 12.1.